The van der Waals surface area contributed by atoms with Gasteiger partial charge in [-0.25, -0.2) is 4.79 Å². The van der Waals surface area contributed by atoms with E-state index in [1.807, 2.05) is 6.08 Å². The van der Waals surface area contributed by atoms with Crippen LogP contribution in [0.1, 0.15) is 26.7 Å². The normalized spacial score (nSPS) is 38.7. The Hall–Kier alpha value is -0.870. The second-order valence-electron chi connectivity index (χ2n) is 5.79. The fraction of sp³-hybridized carbons (Fsp3) is 0.786. The molecule has 0 aromatic carbocycles. The van der Waals surface area contributed by atoms with Crippen LogP contribution in [0.25, 0.3) is 0 Å². The first-order chi connectivity index (χ1) is 8.53. The van der Waals surface area contributed by atoms with Crippen molar-refractivity contribution in [1.82, 2.24) is 0 Å². The van der Waals surface area contributed by atoms with Gasteiger partial charge in [0.2, 0.25) is 0 Å². The zero-order chi connectivity index (χ0) is 13.2. The molecule has 4 atom stereocenters. The first-order valence-electron chi connectivity index (χ1n) is 6.59. The van der Waals surface area contributed by atoms with Gasteiger partial charge in [0.15, 0.2) is 0 Å². The zero-order valence-corrected chi connectivity index (χ0v) is 11.1. The predicted octanol–water partition coefficient (Wildman–Crippen LogP) is 2.09. The third-order valence-electron chi connectivity index (χ3n) is 4.41. The summed E-state index contributed by atoms with van der Waals surface area (Å²) in [4.78, 5) is 10.2. The molecular weight excluding hydrogens is 232 g/mol. The van der Waals surface area contributed by atoms with Gasteiger partial charge < -0.3 is 14.6 Å². The Kier molecular flexibility index (Phi) is 4.07. The van der Waals surface area contributed by atoms with Crippen molar-refractivity contribution in [3.05, 3.63) is 12.2 Å². The lowest BCUT2D eigenvalue weighted by Crippen LogP contribution is -2.32. The van der Waals surface area contributed by atoms with Gasteiger partial charge in [-0.1, -0.05) is 26.0 Å². The average Bonchev–Trinajstić information content (AvgIpc) is 2.79. The van der Waals surface area contributed by atoms with Gasteiger partial charge in [-0.2, -0.15) is 0 Å². The van der Waals surface area contributed by atoms with E-state index >= 15 is 0 Å². The zero-order valence-electron chi connectivity index (χ0n) is 11.1. The summed E-state index contributed by atoms with van der Waals surface area (Å²) in [6.45, 7) is 5.63. The van der Waals surface area contributed by atoms with Crippen molar-refractivity contribution >= 4 is 5.97 Å². The SMILES string of the molecule is CC1C2CC(C)(CO2)[C@H]1C/C=C\COCC(=O)O. The van der Waals surface area contributed by atoms with Gasteiger partial charge in [-0.15, -0.1) is 0 Å². The van der Waals surface area contributed by atoms with E-state index < -0.39 is 5.97 Å². The molecule has 1 N–H and O–H groups in total. The van der Waals surface area contributed by atoms with Crippen molar-refractivity contribution in [2.24, 2.45) is 17.3 Å². The predicted molar refractivity (Wildman–Crippen MR) is 67.3 cm³/mol. The summed E-state index contributed by atoms with van der Waals surface area (Å²) >= 11 is 0. The fourth-order valence-electron chi connectivity index (χ4n) is 3.39. The van der Waals surface area contributed by atoms with Gasteiger partial charge in [0.05, 0.1) is 19.3 Å². The van der Waals surface area contributed by atoms with Gasteiger partial charge in [0.25, 0.3) is 0 Å². The average molecular weight is 254 g/mol. The van der Waals surface area contributed by atoms with Crippen LogP contribution < -0.4 is 0 Å². The third-order valence-corrected chi connectivity index (χ3v) is 4.41. The Morgan fingerprint density at radius 3 is 2.94 bits per heavy atom. The Morgan fingerprint density at radius 1 is 1.56 bits per heavy atom. The molecule has 1 saturated carbocycles. The van der Waals surface area contributed by atoms with Crippen LogP contribution in [0.3, 0.4) is 0 Å². The molecule has 0 spiro atoms. The number of aliphatic carboxylic acids is 1. The van der Waals surface area contributed by atoms with E-state index in [-0.39, 0.29) is 6.61 Å². The molecule has 18 heavy (non-hydrogen) atoms. The first-order valence-corrected chi connectivity index (χ1v) is 6.59. The number of carboxylic acid groups (broad SMARTS) is 1. The highest BCUT2D eigenvalue weighted by atomic mass is 16.5. The van der Waals surface area contributed by atoms with Crippen LogP contribution in [0.2, 0.25) is 0 Å². The van der Waals surface area contributed by atoms with E-state index in [4.69, 9.17) is 14.6 Å². The molecule has 1 aliphatic heterocycles. The van der Waals surface area contributed by atoms with Crippen molar-refractivity contribution < 1.29 is 19.4 Å². The van der Waals surface area contributed by atoms with Gasteiger partial charge in [0, 0.05) is 0 Å². The Labute approximate surface area is 108 Å². The van der Waals surface area contributed by atoms with Crippen molar-refractivity contribution in [3.8, 4) is 0 Å². The molecule has 0 aromatic heterocycles. The van der Waals surface area contributed by atoms with Gasteiger partial charge in [-0.05, 0) is 30.1 Å². The number of fused-ring (bicyclic) bond motifs is 2. The molecule has 2 aliphatic rings. The van der Waals surface area contributed by atoms with E-state index in [0.717, 1.165) is 13.0 Å². The molecule has 0 amide bonds. The Morgan fingerprint density at radius 2 is 2.33 bits per heavy atom. The molecule has 1 heterocycles. The molecule has 1 saturated heterocycles. The summed E-state index contributed by atoms with van der Waals surface area (Å²) in [7, 11) is 0. The van der Waals surface area contributed by atoms with E-state index in [0.29, 0.717) is 30.0 Å². The van der Waals surface area contributed by atoms with Crippen LogP contribution in [-0.2, 0) is 14.3 Å². The molecule has 3 unspecified atom stereocenters. The minimum atomic E-state index is -0.921. The van der Waals surface area contributed by atoms with E-state index in [1.54, 1.807) is 0 Å². The van der Waals surface area contributed by atoms with Crippen molar-refractivity contribution in [3.63, 3.8) is 0 Å². The highest BCUT2D eigenvalue weighted by Gasteiger charge is 2.53. The molecule has 102 valence electrons. The maximum absolute atomic E-state index is 10.2. The number of hydrogen-bond donors (Lipinski definition) is 1. The van der Waals surface area contributed by atoms with Crippen LogP contribution in [-0.4, -0.2) is 37.0 Å². The second-order valence-corrected chi connectivity index (χ2v) is 5.79. The smallest absolute Gasteiger partial charge is 0.329 e. The number of allylic oxidation sites excluding steroid dienone is 1. The minimum Gasteiger partial charge on any atom is -0.480 e. The van der Waals surface area contributed by atoms with Crippen molar-refractivity contribution in [2.75, 3.05) is 19.8 Å². The number of carboxylic acids is 1. The maximum Gasteiger partial charge on any atom is 0.329 e. The summed E-state index contributed by atoms with van der Waals surface area (Å²) in [5, 5.41) is 8.42. The standard InChI is InChI=1S/C14H22O4/c1-10-11(14(2)7-12(10)18-9-14)5-3-4-6-17-8-13(15)16/h3-4,10-12H,5-9H2,1-2H3,(H,15,16)/b4-3-/t10?,11-,12?,14?/m0/s1. The second kappa shape index (κ2) is 5.41. The fourth-order valence-corrected chi connectivity index (χ4v) is 3.39. The van der Waals surface area contributed by atoms with E-state index in [2.05, 4.69) is 19.9 Å². The summed E-state index contributed by atoms with van der Waals surface area (Å²) < 4.78 is 10.7. The highest BCUT2D eigenvalue weighted by Crippen LogP contribution is 2.54. The summed E-state index contributed by atoms with van der Waals surface area (Å²) in [5.74, 6) is 0.370. The Balaban J connectivity index is 1.73. The lowest BCUT2D eigenvalue weighted by atomic mass is 9.75. The first kappa shape index (κ1) is 13.6. The Bertz CT molecular complexity index is 339. The number of carbonyl (C=O) groups is 1. The quantitative estimate of drug-likeness (QED) is 0.582. The minimum absolute atomic E-state index is 0.224. The molecule has 4 heteroatoms. The summed E-state index contributed by atoms with van der Waals surface area (Å²) in [6, 6.07) is 0. The lowest BCUT2D eigenvalue weighted by molar-refractivity contribution is -0.141. The number of ether oxygens (including phenoxy) is 2. The van der Waals surface area contributed by atoms with E-state index in [1.165, 1.54) is 6.42 Å². The van der Waals surface area contributed by atoms with Crippen LogP contribution in [0.15, 0.2) is 12.2 Å². The van der Waals surface area contributed by atoms with Gasteiger partial charge in [0.1, 0.15) is 6.61 Å². The van der Waals surface area contributed by atoms with E-state index in [9.17, 15) is 4.79 Å². The van der Waals surface area contributed by atoms with Gasteiger partial charge >= 0.3 is 5.97 Å². The summed E-state index contributed by atoms with van der Waals surface area (Å²) in [5.41, 5.74) is 0.330. The van der Waals surface area contributed by atoms with Crippen LogP contribution >= 0.6 is 0 Å². The topological polar surface area (TPSA) is 55.8 Å². The van der Waals surface area contributed by atoms with Crippen molar-refractivity contribution in [1.29, 1.82) is 0 Å². The molecular formula is C14H22O4. The maximum atomic E-state index is 10.2. The van der Waals surface area contributed by atoms with Crippen LogP contribution in [0.5, 0.6) is 0 Å². The van der Waals surface area contributed by atoms with Crippen LogP contribution in [0, 0.1) is 17.3 Å². The molecule has 1 aliphatic carbocycles. The molecule has 0 radical (unpaired) electrons. The number of hydrogen-bond acceptors (Lipinski definition) is 3. The summed E-state index contributed by atoms with van der Waals surface area (Å²) in [6.07, 6.45) is 6.70. The largest absolute Gasteiger partial charge is 0.480 e. The molecule has 4 nitrogen and oxygen atoms in total. The monoisotopic (exact) mass is 254 g/mol. The number of rotatable bonds is 6. The van der Waals surface area contributed by atoms with Crippen molar-refractivity contribution in [2.45, 2.75) is 32.8 Å². The molecule has 2 rings (SSSR count). The lowest BCUT2D eigenvalue weighted by Gasteiger charge is -2.34. The van der Waals surface area contributed by atoms with Crippen LogP contribution in [0.4, 0.5) is 0 Å². The third kappa shape index (κ3) is 2.75. The molecule has 2 bridgehead atoms. The highest BCUT2D eigenvalue weighted by molar-refractivity contribution is 5.67. The molecule has 0 aromatic rings. The molecule has 2 fully saturated rings. The van der Waals surface area contributed by atoms with Gasteiger partial charge in [-0.3, -0.25) is 0 Å².